The molecule has 1 amide bonds. The van der Waals surface area contributed by atoms with Crippen molar-refractivity contribution in [3.8, 4) is 0 Å². The van der Waals surface area contributed by atoms with E-state index in [9.17, 15) is 4.79 Å². The highest BCUT2D eigenvalue weighted by Crippen LogP contribution is 1.90. The van der Waals surface area contributed by atoms with Crippen LogP contribution < -0.4 is 17.0 Å². The van der Waals surface area contributed by atoms with Crippen molar-refractivity contribution in [2.75, 3.05) is 13.3 Å². The maximum atomic E-state index is 10.5. The molecule has 0 saturated carbocycles. The fraction of sp³-hybridized carbons (Fsp3) is 0.625. The largest absolute Gasteiger partial charge is 0.361 e. The van der Waals surface area contributed by atoms with Crippen LogP contribution in [0.1, 0.15) is 13.8 Å². The van der Waals surface area contributed by atoms with E-state index in [4.69, 9.17) is 4.74 Å². The molecule has 0 aliphatic rings. The smallest absolute Gasteiger partial charge is 0.245 e. The fourth-order valence-electron chi connectivity index (χ4n) is 0.489. The number of hydrazine groups is 1. The lowest BCUT2D eigenvalue weighted by atomic mass is 10.2. The molecule has 78 valence electrons. The van der Waals surface area contributed by atoms with Crippen molar-refractivity contribution in [1.82, 2.24) is 5.32 Å². The molecule has 0 bridgehead atoms. The number of rotatable bonds is 5. The van der Waals surface area contributed by atoms with E-state index in [2.05, 4.69) is 37.4 Å². The Morgan fingerprint density at radius 3 is 2.54 bits per heavy atom. The van der Waals surface area contributed by atoms with Gasteiger partial charge in [-0.15, -0.1) is 0 Å². The average molecular weight is 189 g/mol. The third-order valence-electron chi connectivity index (χ3n) is 0.985. The zero-order valence-electron chi connectivity index (χ0n) is 8.25. The molecule has 0 spiro atoms. The summed E-state index contributed by atoms with van der Waals surface area (Å²) < 4.78 is 5.09. The van der Waals surface area contributed by atoms with E-state index in [-0.39, 0.29) is 12.6 Å². The summed E-state index contributed by atoms with van der Waals surface area (Å²) in [5.41, 5.74) is 0. The Morgan fingerprint density at radius 2 is 2.15 bits per heavy atom. The highest BCUT2D eigenvalue weighted by atomic mass is 16.5. The van der Waals surface area contributed by atoms with Crippen LogP contribution in [0.4, 0.5) is 0 Å². The number of hydrogen-bond donors (Lipinski definition) is 3. The second kappa shape index (κ2) is 11.1. The molecule has 5 N–H and O–H groups in total. The van der Waals surface area contributed by atoms with Crippen molar-refractivity contribution in [3.05, 3.63) is 12.7 Å². The Hall–Kier alpha value is -0.910. The number of nitrogens with two attached hydrogens (primary N) is 2. The highest BCUT2D eigenvalue weighted by molar-refractivity contribution is 5.86. The first kappa shape index (κ1) is 14.6. The Morgan fingerprint density at radius 1 is 1.62 bits per heavy atom. The topological polar surface area (TPSA) is 90.4 Å². The first-order valence-corrected chi connectivity index (χ1v) is 3.98. The molecular weight excluding hydrogens is 170 g/mol. The standard InChI is InChI=1S/C8H15NO2.H4N2/c1-4-8(10)9-6-11-5-7(2)3;1-2/h4,7H,1,5-6H2,2-3H3,(H,9,10);1-2H2. The van der Waals surface area contributed by atoms with Gasteiger partial charge in [0.2, 0.25) is 5.91 Å². The zero-order chi connectivity index (χ0) is 10.7. The molecule has 5 nitrogen and oxygen atoms in total. The maximum Gasteiger partial charge on any atom is 0.245 e. The van der Waals surface area contributed by atoms with Gasteiger partial charge >= 0.3 is 0 Å². The quantitative estimate of drug-likeness (QED) is 0.183. The van der Waals surface area contributed by atoms with Gasteiger partial charge in [-0.05, 0) is 12.0 Å². The molecule has 0 saturated heterocycles. The SMILES string of the molecule is C=CC(=O)NCOCC(C)C.NN. The fourth-order valence-corrected chi connectivity index (χ4v) is 0.489. The Labute approximate surface area is 79.1 Å². The third kappa shape index (κ3) is 14.0. The molecule has 0 fully saturated rings. The molecule has 0 atom stereocenters. The minimum Gasteiger partial charge on any atom is -0.361 e. The van der Waals surface area contributed by atoms with Crippen molar-refractivity contribution in [2.24, 2.45) is 17.6 Å². The molecule has 0 unspecified atom stereocenters. The van der Waals surface area contributed by atoms with Gasteiger partial charge in [0.1, 0.15) is 6.73 Å². The van der Waals surface area contributed by atoms with Gasteiger partial charge in [0.15, 0.2) is 0 Å². The molecule has 5 heteroatoms. The van der Waals surface area contributed by atoms with Gasteiger partial charge in [0.25, 0.3) is 0 Å². The molecule has 0 aromatic rings. The molecular formula is C8H19N3O2. The second-order valence-corrected chi connectivity index (χ2v) is 2.65. The van der Waals surface area contributed by atoms with Crippen LogP contribution in [-0.4, -0.2) is 19.2 Å². The molecule has 0 rings (SSSR count). The van der Waals surface area contributed by atoms with Gasteiger partial charge in [-0.3, -0.25) is 16.5 Å². The van der Waals surface area contributed by atoms with E-state index >= 15 is 0 Å². The van der Waals surface area contributed by atoms with Crippen molar-refractivity contribution in [2.45, 2.75) is 13.8 Å². The van der Waals surface area contributed by atoms with Crippen LogP contribution in [0.2, 0.25) is 0 Å². The van der Waals surface area contributed by atoms with Gasteiger partial charge < -0.3 is 10.1 Å². The van der Waals surface area contributed by atoms with Gasteiger partial charge in [-0.2, -0.15) is 0 Å². The molecule has 0 aliphatic heterocycles. The van der Waals surface area contributed by atoms with E-state index in [1.54, 1.807) is 0 Å². The lowest BCUT2D eigenvalue weighted by molar-refractivity contribution is -0.118. The Bertz CT molecular complexity index is 137. The summed E-state index contributed by atoms with van der Waals surface area (Å²) in [7, 11) is 0. The Kier molecular flexibility index (Phi) is 12.5. The van der Waals surface area contributed by atoms with E-state index in [1.807, 2.05) is 0 Å². The molecule has 0 aromatic carbocycles. The molecule has 0 heterocycles. The van der Waals surface area contributed by atoms with Crippen molar-refractivity contribution >= 4 is 5.91 Å². The van der Waals surface area contributed by atoms with Crippen LogP contribution in [0, 0.1) is 5.92 Å². The summed E-state index contributed by atoms with van der Waals surface area (Å²) in [5, 5.41) is 2.51. The van der Waals surface area contributed by atoms with Crippen LogP contribution in [0.25, 0.3) is 0 Å². The van der Waals surface area contributed by atoms with Crippen LogP contribution in [0.15, 0.2) is 12.7 Å². The summed E-state index contributed by atoms with van der Waals surface area (Å²) in [5.74, 6) is 8.30. The van der Waals surface area contributed by atoms with Crippen LogP contribution in [0.3, 0.4) is 0 Å². The highest BCUT2D eigenvalue weighted by Gasteiger charge is 1.94. The van der Waals surface area contributed by atoms with Gasteiger partial charge in [-0.1, -0.05) is 20.4 Å². The predicted octanol–water partition coefficient (Wildman–Crippen LogP) is -0.262. The average Bonchev–Trinajstić information content (AvgIpc) is 2.15. The van der Waals surface area contributed by atoms with Gasteiger partial charge in [0, 0.05) is 0 Å². The van der Waals surface area contributed by atoms with Gasteiger partial charge in [-0.25, -0.2) is 0 Å². The predicted molar refractivity (Wildman–Crippen MR) is 52.4 cm³/mol. The number of nitrogens with one attached hydrogen (secondary N) is 1. The zero-order valence-corrected chi connectivity index (χ0v) is 8.25. The molecule has 0 aliphatic carbocycles. The van der Waals surface area contributed by atoms with Gasteiger partial charge in [0.05, 0.1) is 6.61 Å². The van der Waals surface area contributed by atoms with E-state index in [0.717, 1.165) is 0 Å². The number of hydrogen-bond acceptors (Lipinski definition) is 4. The molecule has 0 aromatic heterocycles. The minimum atomic E-state index is -0.200. The summed E-state index contributed by atoms with van der Waals surface area (Å²) in [6.45, 7) is 8.34. The van der Waals surface area contributed by atoms with Crippen LogP contribution in [0.5, 0.6) is 0 Å². The van der Waals surface area contributed by atoms with Crippen molar-refractivity contribution < 1.29 is 9.53 Å². The number of amides is 1. The van der Waals surface area contributed by atoms with E-state index in [0.29, 0.717) is 12.5 Å². The number of ether oxygens (including phenoxy) is 1. The summed E-state index contributed by atoms with van der Waals surface area (Å²) in [6.07, 6.45) is 1.22. The minimum absolute atomic E-state index is 0.200. The monoisotopic (exact) mass is 189 g/mol. The summed E-state index contributed by atoms with van der Waals surface area (Å²) >= 11 is 0. The second-order valence-electron chi connectivity index (χ2n) is 2.65. The van der Waals surface area contributed by atoms with E-state index < -0.39 is 0 Å². The molecule has 13 heavy (non-hydrogen) atoms. The first-order valence-electron chi connectivity index (χ1n) is 3.98. The molecule has 0 radical (unpaired) electrons. The van der Waals surface area contributed by atoms with Crippen molar-refractivity contribution in [3.63, 3.8) is 0 Å². The van der Waals surface area contributed by atoms with E-state index in [1.165, 1.54) is 6.08 Å². The lowest BCUT2D eigenvalue weighted by Crippen LogP contribution is -2.24. The maximum absolute atomic E-state index is 10.5. The number of carbonyl (C=O) groups is 1. The summed E-state index contributed by atoms with van der Waals surface area (Å²) in [4.78, 5) is 10.5. The van der Waals surface area contributed by atoms with Crippen LogP contribution >= 0.6 is 0 Å². The lowest BCUT2D eigenvalue weighted by Gasteiger charge is -2.06. The van der Waals surface area contributed by atoms with Crippen LogP contribution in [-0.2, 0) is 9.53 Å². The normalized spacial score (nSPS) is 8.69. The Balaban J connectivity index is 0. The summed E-state index contributed by atoms with van der Waals surface area (Å²) in [6, 6.07) is 0. The van der Waals surface area contributed by atoms with Crippen molar-refractivity contribution in [1.29, 1.82) is 0 Å². The third-order valence-corrected chi connectivity index (χ3v) is 0.985. The number of carbonyl (C=O) groups excluding carboxylic acids is 1. The first-order chi connectivity index (χ1) is 6.16.